The molecule has 3 aromatic rings. The van der Waals surface area contributed by atoms with Crippen LogP contribution >= 0.6 is 11.6 Å². The third-order valence-corrected chi connectivity index (χ3v) is 7.20. The summed E-state index contributed by atoms with van der Waals surface area (Å²) in [5.74, 6) is 0.0248. The molecule has 1 atom stereocenters. The molecule has 1 aliphatic heterocycles. The molecule has 2 heterocycles. The summed E-state index contributed by atoms with van der Waals surface area (Å²) in [4.78, 5) is 18.3. The molecule has 41 heavy (non-hydrogen) atoms. The Balaban J connectivity index is 1.23. The maximum atomic E-state index is 12.5. The number of nitrogens with zero attached hydrogens (tertiary/aromatic N) is 5. The van der Waals surface area contributed by atoms with Crippen LogP contribution in [0.2, 0.25) is 5.28 Å². The van der Waals surface area contributed by atoms with Crippen LogP contribution in [-0.4, -0.2) is 64.3 Å². The predicted molar refractivity (Wildman–Crippen MR) is 148 cm³/mol. The van der Waals surface area contributed by atoms with Crippen LogP contribution in [0.25, 0.3) is 0 Å². The van der Waals surface area contributed by atoms with Gasteiger partial charge in [0.1, 0.15) is 24.3 Å². The Labute approximate surface area is 240 Å². The van der Waals surface area contributed by atoms with E-state index in [1.165, 1.54) is 22.9 Å². The number of rotatable bonds is 12. The molecule has 1 N–H and O–H groups in total. The largest absolute Gasteiger partial charge is 0.573 e. The number of imidazole rings is 1. The van der Waals surface area contributed by atoms with E-state index in [0.717, 1.165) is 43.9 Å². The summed E-state index contributed by atoms with van der Waals surface area (Å²) in [7, 11) is 0. The topological polar surface area (TPSA) is 106 Å². The Morgan fingerprint density at radius 2 is 1.78 bits per heavy atom. The molecule has 10 nitrogen and oxygen atoms in total. The third-order valence-electron chi connectivity index (χ3n) is 6.90. The van der Waals surface area contributed by atoms with Gasteiger partial charge in [-0.05, 0) is 96.2 Å². The van der Waals surface area contributed by atoms with Gasteiger partial charge in [-0.1, -0.05) is 0 Å². The van der Waals surface area contributed by atoms with Crippen molar-refractivity contribution in [3.8, 4) is 11.5 Å². The lowest BCUT2D eigenvalue weighted by Gasteiger charge is -2.40. The molecule has 1 aliphatic rings. The fourth-order valence-corrected chi connectivity index (χ4v) is 5.09. The Hall–Kier alpha value is -3.71. The second-order valence-electron chi connectivity index (χ2n) is 9.61. The molecule has 1 aromatic heterocycles. The van der Waals surface area contributed by atoms with Gasteiger partial charge in [-0.2, -0.15) is 0 Å². The predicted octanol–water partition coefficient (Wildman–Crippen LogP) is 5.67. The summed E-state index contributed by atoms with van der Waals surface area (Å²) in [5.41, 5.74) is 1.91. The molecule has 0 aliphatic carbocycles. The van der Waals surface area contributed by atoms with Crippen molar-refractivity contribution in [2.24, 2.45) is 0 Å². The van der Waals surface area contributed by atoms with Crippen molar-refractivity contribution < 1.29 is 32.7 Å². The SMILES string of the molecule is CCN(c1ccc(OC(F)(F)F)cc1)C1CCN(c2ccc(OCC(O)CCn3cc([N+](=O)[O-])nc3Cl)cc2)CC1. The first-order valence-electron chi connectivity index (χ1n) is 13.2. The molecule has 222 valence electrons. The van der Waals surface area contributed by atoms with Gasteiger partial charge < -0.3 is 34.5 Å². The lowest BCUT2D eigenvalue weighted by atomic mass is 10.0. The van der Waals surface area contributed by atoms with Crippen molar-refractivity contribution in [1.29, 1.82) is 0 Å². The van der Waals surface area contributed by atoms with Crippen molar-refractivity contribution in [2.75, 3.05) is 36.0 Å². The van der Waals surface area contributed by atoms with Gasteiger partial charge in [-0.3, -0.25) is 4.57 Å². The number of alkyl halides is 3. The van der Waals surface area contributed by atoms with Crippen LogP contribution in [0.5, 0.6) is 11.5 Å². The number of anilines is 2. The minimum absolute atomic E-state index is 0.0135. The zero-order chi connectivity index (χ0) is 29.6. The Morgan fingerprint density at radius 1 is 1.15 bits per heavy atom. The minimum atomic E-state index is -4.71. The van der Waals surface area contributed by atoms with Gasteiger partial charge in [0, 0.05) is 43.6 Å². The van der Waals surface area contributed by atoms with E-state index in [2.05, 4.69) is 19.5 Å². The average molecular weight is 598 g/mol. The number of aromatic nitrogens is 2. The number of ether oxygens (including phenoxy) is 2. The van der Waals surface area contributed by atoms with Crippen LogP contribution < -0.4 is 19.3 Å². The third kappa shape index (κ3) is 8.40. The molecule has 4 rings (SSSR count). The zero-order valence-corrected chi connectivity index (χ0v) is 23.1. The molecule has 1 fully saturated rings. The van der Waals surface area contributed by atoms with Crippen LogP contribution in [-0.2, 0) is 6.54 Å². The number of hydrogen-bond acceptors (Lipinski definition) is 8. The smallest absolute Gasteiger partial charge is 0.491 e. The molecule has 0 amide bonds. The van der Waals surface area contributed by atoms with Gasteiger partial charge in [-0.25, -0.2) is 0 Å². The lowest BCUT2D eigenvalue weighted by Crippen LogP contribution is -2.45. The van der Waals surface area contributed by atoms with Gasteiger partial charge in [0.25, 0.3) is 0 Å². The summed E-state index contributed by atoms with van der Waals surface area (Å²) in [5, 5.41) is 21.1. The molecule has 0 radical (unpaired) electrons. The summed E-state index contributed by atoms with van der Waals surface area (Å²) in [6, 6.07) is 13.9. The Bertz CT molecular complexity index is 1280. The molecule has 2 aromatic carbocycles. The fraction of sp³-hybridized carbons (Fsp3) is 0.444. The van der Waals surface area contributed by atoms with Gasteiger partial charge in [0.15, 0.2) is 0 Å². The van der Waals surface area contributed by atoms with E-state index in [1.807, 2.05) is 31.2 Å². The Morgan fingerprint density at radius 3 is 2.34 bits per heavy atom. The van der Waals surface area contributed by atoms with Crippen molar-refractivity contribution in [1.82, 2.24) is 9.55 Å². The molecule has 1 unspecified atom stereocenters. The number of piperidine rings is 1. The highest BCUT2D eigenvalue weighted by Gasteiger charge is 2.31. The lowest BCUT2D eigenvalue weighted by molar-refractivity contribution is -0.389. The monoisotopic (exact) mass is 597 g/mol. The van der Waals surface area contributed by atoms with Gasteiger partial charge in [-0.15, -0.1) is 13.2 Å². The quantitative estimate of drug-likeness (QED) is 0.210. The standard InChI is InChI=1S/C27H31ClF3N5O5/c1-2-35(20-5-9-24(10-6-20)41-27(29,30)31)21-11-14-33(15-12-21)19-3-7-23(8-4-19)40-18-22(37)13-16-34-17-25(36(38)39)32-26(34)28/h3-10,17,21-22,37H,2,11-16,18H2,1H3. The van der Waals surface area contributed by atoms with Crippen LogP contribution in [0.15, 0.2) is 54.7 Å². The van der Waals surface area contributed by atoms with Gasteiger partial charge >= 0.3 is 17.5 Å². The first-order valence-corrected chi connectivity index (χ1v) is 13.6. The summed E-state index contributed by atoms with van der Waals surface area (Å²) in [6.45, 7) is 4.72. The number of aliphatic hydroxyl groups is 1. The zero-order valence-electron chi connectivity index (χ0n) is 22.3. The molecule has 14 heteroatoms. The molecule has 0 saturated carbocycles. The van der Waals surface area contributed by atoms with E-state index in [1.54, 1.807) is 12.1 Å². The first kappa shape index (κ1) is 30.3. The number of aliphatic hydroxyl groups excluding tert-OH is 1. The molecule has 0 spiro atoms. The number of hydrogen-bond donors (Lipinski definition) is 1. The summed E-state index contributed by atoms with van der Waals surface area (Å²) in [6.07, 6.45) is -2.23. The van der Waals surface area contributed by atoms with Gasteiger partial charge in [0.2, 0.25) is 0 Å². The molecular formula is C27H31ClF3N5O5. The van der Waals surface area contributed by atoms with Crippen molar-refractivity contribution in [2.45, 2.75) is 51.2 Å². The molecule has 0 bridgehead atoms. The van der Waals surface area contributed by atoms with E-state index in [0.29, 0.717) is 5.75 Å². The highest BCUT2D eigenvalue weighted by atomic mass is 35.5. The highest BCUT2D eigenvalue weighted by Crippen LogP contribution is 2.30. The van der Waals surface area contributed by atoms with E-state index in [4.69, 9.17) is 16.3 Å². The maximum absolute atomic E-state index is 12.5. The van der Waals surface area contributed by atoms with Crippen molar-refractivity contribution >= 4 is 28.8 Å². The van der Waals surface area contributed by atoms with Gasteiger partial charge in [0.05, 0.1) is 6.10 Å². The van der Waals surface area contributed by atoms with Crippen LogP contribution in [0.4, 0.5) is 30.4 Å². The fourth-order valence-electron chi connectivity index (χ4n) is 4.87. The second-order valence-corrected chi connectivity index (χ2v) is 9.95. The number of aryl methyl sites for hydroxylation is 1. The second kappa shape index (κ2) is 13.3. The maximum Gasteiger partial charge on any atom is 0.573 e. The number of nitro groups is 1. The number of halogens is 4. The van der Waals surface area contributed by atoms with E-state index in [9.17, 15) is 28.4 Å². The van der Waals surface area contributed by atoms with E-state index < -0.39 is 17.4 Å². The van der Waals surface area contributed by atoms with Crippen molar-refractivity contribution in [3.05, 3.63) is 70.1 Å². The summed E-state index contributed by atoms with van der Waals surface area (Å²) < 4.78 is 48.5. The van der Waals surface area contributed by atoms with Crippen LogP contribution in [0, 0.1) is 10.1 Å². The first-order chi connectivity index (χ1) is 19.5. The average Bonchev–Trinajstić information content (AvgIpc) is 3.32. The minimum Gasteiger partial charge on any atom is -0.491 e. The Kier molecular flexibility index (Phi) is 9.81. The number of benzene rings is 2. The van der Waals surface area contributed by atoms with E-state index in [-0.39, 0.29) is 42.5 Å². The van der Waals surface area contributed by atoms with Crippen LogP contribution in [0.3, 0.4) is 0 Å². The van der Waals surface area contributed by atoms with Crippen molar-refractivity contribution in [3.63, 3.8) is 0 Å². The summed E-state index contributed by atoms with van der Waals surface area (Å²) >= 11 is 5.90. The normalized spacial score (nSPS) is 15.0. The highest BCUT2D eigenvalue weighted by molar-refractivity contribution is 6.28. The molecule has 1 saturated heterocycles. The van der Waals surface area contributed by atoms with E-state index >= 15 is 0 Å². The molecular weight excluding hydrogens is 567 g/mol. The van der Waals surface area contributed by atoms with Crippen LogP contribution in [0.1, 0.15) is 26.2 Å².